The van der Waals surface area contributed by atoms with Gasteiger partial charge in [0, 0.05) is 37.2 Å². The smallest absolute Gasteiger partial charge is 0.243 e. The van der Waals surface area contributed by atoms with Gasteiger partial charge in [-0.3, -0.25) is 24.0 Å². The molecule has 1 aliphatic heterocycles. The second-order valence-corrected chi connectivity index (χ2v) is 14.8. The topological polar surface area (TPSA) is 194 Å². The minimum absolute atomic E-state index is 0.0619. The van der Waals surface area contributed by atoms with E-state index in [1.54, 1.807) is 6.20 Å². The van der Waals surface area contributed by atoms with E-state index >= 15 is 0 Å². The van der Waals surface area contributed by atoms with Gasteiger partial charge in [0.05, 0.1) is 30.9 Å². The third-order valence-electron chi connectivity index (χ3n) is 9.36. The van der Waals surface area contributed by atoms with Crippen LogP contribution in [0.2, 0.25) is 0 Å². The Morgan fingerprint density at radius 2 is 1.69 bits per heavy atom. The van der Waals surface area contributed by atoms with Crippen molar-refractivity contribution in [3.63, 3.8) is 0 Å². The molecule has 7 atom stereocenters. The van der Waals surface area contributed by atoms with Crippen molar-refractivity contribution >= 4 is 29.5 Å². The third-order valence-corrected chi connectivity index (χ3v) is 9.36. The second kappa shape index (κ2) is 20.6. The van der Waals surface area contributed by atoms with Crippen LogP contribution in [0.1, 0.15) is 97.7 Å². The van der Waals surface area contributed by atoms with Crippen molar-refractivity contribution in [2.45, 2.75) is 136 Å². The van der Waals surface area contributed by atoms with Crippen molar-refractivity contribution in [1.29, 1.82) is 0 Å². The van der Waals surface area contributed by atoms with Crippen LogP contribution in [0, 0.1) is 17.8 Å². The van der Waals surface area contributed by atoms with Gasteiger partial charge in [-0.25, -0.2) is 4.98 Å². The fraction of sp³-hybridized carbons (Fsp3) is 0.632. The summed E-state index contributed by atoms with van der Waals surface area (Å²) in [5.41, 5.74) is 1.78. The quantitative estimate of drug-likeness (QED) is 0.104. The fourth-order valence-electron chi connectivity index (χ4n) is 6.42. The van der Waals surface area contributed by atoms with Crippen molar-refractivity contribution in [3.05, 3.63) is 54.1 Å². The number of aryl methyl sites for hydroxylation is 1. The first kappa shape index (κ1) is 41.2. The number of aromatic nitrogens is 2. The van der Waals surface area contributed by atoms with Crippen LogP contribution in [-0.4, -0.2) is 80.9 Å². The number of carbonyl (C=O) groups excluding carboxylic acids is 5. The molecule has 0 radical (unpaired) electrons. The molecule has 1 aromatic heterocycles. The highest BCUT2D eigenvalue weighted by Gasteiger charge is 2.37. The Balaban J connectivity index is 1.65. The van der Waals surface area contributed by atoms with Crippen LogP contribution >= 0.6 is 0 Å². The number of benzene rings is 1. The van der Waals surface area contributed by atoms with E-state index < -0.39 is 36.0 Å². The molecule has 1 aromatic carbocycles. The molecule has 13 heteroatoms. The molecule has 0 spiro atoms. The van der Waals surface area contributed by atoms with Gasteiger partial charge in [-0.2, -0.15) is 0 Å². The molecule has 282 valence electrons. The van der Waals surface area contributed by atoms with E-state index in [9.17, 15) is 29.1 Å². The molecular formula is C38H59N7O6. The maximum absolute atomic E-state index is 13.7. The summed E-state index contributed by atoms with van der Waals surface area (Å²) in [6, 6.07) is 6.67. The summed E-state index contributed by atoms with van der Waals surface area (Å²) < 4.78 is 0. The van der Waals surface area contributed by atoms with Crippen LogP contribution in [0.4, 0.5) is 0 Å². The molecule has 0 saturated carbocycles. The van der Waals surface area contributed by atoms with Crippen LogP contribution in [0.5, 0.6) is 0 Å². The molecule has 3 rings (SSSR count). The van der Waals surface area contributed by atoms with Gasteiger partial charge in [-0.05, 0) is 49.0 Å². The van der Waals surface area contributed by atoms with E-state index in [4.69, 9.17) is 0 Å². The Labute approximate surface area is 302 Å². The summed E-state index contributed by atoms with van der Waals surface area (Å²) in [6.07, 6.45) is 5.07. The zero-order valence-electron chi connectivity index (χ0n) is 31.0. The normalized spacial score (nSPS) is 18.7. The molecule has 1 saturated heterocycles. The molecule has 51 heavy (non-hydrogen) atoms. The number of amides is 5. The average Bonchev–Trinajstić information content (AvgIpc) is 3.71. The Kier molecular flexibility index (Phi) is 16.6. The standard InChI is InChI=1S/C38H59N7O6/c1-7-25(6)36(38(51)43-29-19-34(48)41-28(29)16-23(2)3)45-35(49)20-32(46)30(17-24(4)5)44-37(50)31(18-27-21-39-22-40-27)42-33(47)15-11-14-26-12-9-8-10-13-26/h8-10,12-13,21-25,28-32,36,46H,7,11,14-20H2,1-6H3,(H,39,40)(H,41,48)(H,42,47)(H,43,51)(H,44,50)(H,45,49)/t25-,28-,29-,30-,31-,32-,36-/m0/s1. The number of rotatable bonds is 21. The van der Waals surface area contributed by atoms with E-state index in [1.807, 2.05) is 58.0 Å². The average molecular weight is 710 g/mol. The van der Waals surface area contributed by atoms with E-state index in [1.165, 1.54) is 6.33 Å². The summed E-state index contributed by atoms with van der Waals surface area (Å²) in [7, 11) is 0. The van der Waals surface area contributed by atoms with E-state index in [0.717, 1.165) is 12.0 Å². The third kappa shape index (κ3) is 14.1. The van der Waals surface area contributed by atoms with Crippen molar-refractivity contribution in [1.82, 2.24) is 36.6 Å². The number of hydrogen-bond acceptors (Lipinski definition) is 7. The first-order valence-corrected chi connectivity index (χ1v) is 18.4. The lowest BCUT2D eigenvalue weighted by Gasteiger charge is -2.30. The number of carbonyl (C=O) groups is 5. The molecule has 5 amide bonds. The lowest BCUT2D eigenvalue weighted by Crippen LogP contribution is -2.56. The van der Waals surface area contributed by atoms with Crippen molar-refractivity contribution in [2.24, 2.45) is 17.8 Å². The van der Waals surface area contributed by atoms with Crippen molar-refractivity contribution in [2.75, 3.05) is 0 Å². The first-order chi connectivity index (χ1) is 24.2. The number of aliphatic hydroxyl groups excluding tert-OH is 1. The zero-order valence-corrected chi connectivity index (χ0v) is 31.0. The van der Waals surface area contributed by atoms with E-state index in [0.29, 0.717) is 37.3 Å². The number of H-pyrrole nitrogens is 1. The number of nitrogens with one attached hydrogen (secondary N) is 6. The predicted molar refractivity (Wildman–Crippen MR) is 195 cm³/mol. The van der Waals surface area contributed by atoms with Gasteiger partial charge >= 0.3 is 0 Å². The van der Waals surface area contributed by atoms with Crippen LogP contribution in [0.25, 0.3) is 0 Å². The summed E-state index contributed by atoms with van der Waals surface area (Å²) in [5, 5.41) is 25.8. The molecule has 2 heterocycles. The highest BCUT2D eigenvalue weighted by atomic mass is 16.3. The largest absolute Gasteiger partial charge is 0.390 e. The van der Waals surface area contributed by atoms with Crippen LogP contribution in [0.15, 0.2) is 42.9 Å². The maximum atomic E-state index is 13.7. The van der Waals surface area contributed by atoms with Gasteiger partial charge in [-0.15, -0.1) is 0 Å². The number of aromatic amines is 1. The van der Waals surface area contributed by atoms with Crippen molar-refractivity contribution in [3.8, 4) is 0 Å². The summed E-state index contributed by atoms with van der Waals surface area (Å²) in [4.78, 5) is 72.7. The minimum Gasteiger partial charge on any atom is -0.390 e. The molecule has 1 fully saturated rings. The monoisotopic (exact) mass is 709 g/mol. The Hall–Kier alpha value is -4.26. The predicted octanol–water partition coefficient (Wildman–Crippen LogP) is 2.69. The molecule has 0 bridgehead atoms. The summed E-state index contributed by atoms with van der Waals surface area (Å²) in [5.74, 6) is -1.63. The molecule has 1 aliphatic rings. The van der Waals surface area contributed by atoms with Gasteiger partial charge in [0.2, 0.25) is 29.5 Å². The van der Waals surface area contributed by atoms with Gasteiger partial charge < -0.3 is 36.7 Å². The van der Waals surface area contributed by atoms with E-state index in [-0.39, 0.29) is 67.3 Å². The first-order valence-electron chi connectivity index (χ1n) is 18.4. The Bertz CT molecular complexity index is 1400. The second-order valence-electron chi connectivity index (χ2n) is 14.8. The van der Waals surface area contributed by atoms with Gasteiger partial charge in [0.25, 0.3) is 0 Å². The SMILES string of the molecule is CC[C@H](C)[C@H](NC(=O)C[C@H](O)[C@H](CC(C)C)NC(=O)[C@H](Cc1cnc[nH]1)NC(=O)CCCc1ccccc1)C(=O)N[C@H]1CC(=O)N[C@H]1CC(C)C. The van der Waals surface area contributed by atoms with Gasteiger partial charge in [0.15, 0.2) is 0 Å². The van der Waals surface area contributed by atoms with Crippen molar-refractivity contribution < 1.29 is 29.1 Å². The van der Waals surface area contributed by atoms with Gasteiger partial charge in [0.1, 0.15) is 12.1 Å². The molecule has 0 aliphatic carbocycles. The lowest BCUT2D eigenvalue weighted by atomic mass is 9.94. The minimum atomic E-state index is -1.27. The maximum Gasteiger partial charge on any atom is 0.243 e. The number of aliphatic hydroxyl groups is 1. The van der Waals surface area contributed by atoms with Crippen LogP contribution in [-0.2, 0) is 36.8 Å². The summed E-state index contributed by atoms with van der Waals surface area (Å²) >= 11 is 0. The fourth-order valence-corrected chi connectivity index (χ4v) is 6.42. The highest BCUT2D eigenvalue weighted by Crippen LogP contribution is 2.18. The van der Waals surface area contributed by atoms with Crippen LogP contribution in [0.3, 0.4) is 0 Å². The zero-order chi connectivity index (χ0) is 37.5. The summed E-state index contributed by atoms with van der Waals surface area (Å²) in [6.45, 7) is 11.8. The Morgan fingerprint density at radius 3 is 2.31 bits per heavy atom. The van der Waals surface area contributed by atoms with Gasteiger partial charge in [-0.1, -0.05) is 78.3 Å². The van der Waals surface area contributed by atoms with E-state index in [2.05, 4.69) is 50.4 Å². The number of hydrogen-bond donors (Lipinski definition) is 7. The van der Waals surface area contributed by atoms with Crippen LogP contribution < -0.4 is 26.6 Å². The number of imidazole rings is 1. The highest BCUT2D eigenvalue weighted by molar-refractivity contribution is 5.90. The molecule has 2 aromatic rings. The number of nitrogens with zero attached hydrogens (tertiary/aromatic N) is 1. The molecular weight excluding hydrogens is 650 g/mol. The molecule has 13 nitrogen and oxygen atoms in total. The molecule has 7 N–H and O–H groups in total. The Morgan fingerprint density at radius 1 is 0.961 bits per heavy atom. The lowest BCUT2D eigenvalue weighted by molar-refractivity contribution is -0.132. The molecule has 0 unspecified atom stereocenters.